The van der Waals surface area contributed by atoms with Crippen LogP contribution in [-0.2, 0) is 6.54 Å². The number of hydrogen-bond donors (Lipinski definition) is 2. The van der Waals surface area contributed by atoms with Crippen LogP contribution in [0.1, 0.15) is 34.9 Å². The lowest BCUT2D eigenvalue weighted by Crippen LogP contribution is -2.32. The summed E-state index contributed by atoms with van der Waals surface area (Å²) >= 11 is 0. The molecule has 2 aromatic rings. The number of rotatable bonds is 6. The number of alkyl halides is 3. The molecular formula is C17H21ClF3N5O2. The normalized spacial score (nSPS) is 16.9. The van der Waals surface area contributed by atoms with E-state index in [1.54, 1.807) is 23.0 Å². The number of piperidine rings is 1. The molecule has 3 rings (SSSR count). The minimum absolute atomic E-state index is 0. The number of nitrogens with one attached hydrogen (secondary N) is 2. The molecule has 1 unspecified atom stereocenters. The van der Waals surface area contributed by atoms with Gasteiger partial charge in [0.1, 0.15) is 5.69 Å². The van der Waals surface area contributed by atoms with Gasteiger partial charge in [0.15, 0.2) is 6.61 Å². The largest absolute Gasteiger partial charge is 0.468 e. The van der Waals surface area contributed by atoms with Crippen molar-refractivity contribution in [2.45, 2.75) is 31.6 Å². The Morgan fingerprint density at radius 3 is 2.93 bits per heavy atom. The highest BCUT2D eigenvalue weighted by molar-refractivity contribution is 5.92. The first-order valence-electron chi connectivity index (χ1n) is 8.59. The third kappa shape index (κ3) is 6.38. The van der Waals surface area contributed by atoms with Gasteiger partial charge >= 0.3 is 6.18 Å². The van der Waals surface area contributed by atoms with Crippen molar-refractivity contribution in [3.05, 3.63) is 41.9 Å². The van der Waals surface area contributed by atoms with Gasteiger partial charge in [-0.2, -0.15) is 18.3 Å². The Morgan fingerprint density at radius 1 is 1.39 bits per heavy atom. The number of nitrogens with zero attached hydrogens (tertiary/aromatic N) is 3. The first-order valence-corrected chi connectivity index (χ1v) is 8.59. The van der Waals surface area contributed by atoms with Crippen molar-refractivity contribution >= 4 is 18.3 Å². The molecule has 0 bridgehead atoms. The first kappa shape index (κ1) is 22.0. The standard InChI is InChI=1S/C17H20F3N5O2.ClH/c18-17(19,20)11-27-15-8-12(3-6-22-15)9-23-16(26)14-4-7-25(24-14)13-2-1-5-21-10-13;/h3-4,6-8,13,21H,1-2,5,9-11H2,(H,23,26);1H. The monoisotopic (exact) mass is 419 g/mol. The summed E-state index contributed by atoms with van der Waals surface area (Å²) in [5.74, 6) is -0.500. The Bertz CT molecular complexity index is 778. The van der Waals surface area contributed by atoms with E-state index in [4.69, 9.17) is 0 Å². The second-order valence-corrected chi connectivity index (χ2v) is 6.27. The lowest BCUT2D eigenvalue weighted by atomic mass is 10.1. The number of pyridine rings is 1. The van der Waals surface area contributed by atoms with Crippen LogP contribution in [0.2, 0.25) is 0 Å². The zero-order chi connectivity index (χ0) is 19.3. The molecule has 1 saturated heterocycles. The minimum Gasteiger partial charge on any atom is -0.468 e. The van der Waals surface area contributed by atoms with Gasteiger partial charge in [-0.15, -0.1) is 12.4 Å². The van der Waals surface area contributed by atoms with Crippen LogP contribution in [0.3, 0.4) is 0 Å². The molecule has 11 heteroatoms. The van der Waals surface area contributed by atoms with Gasteiger partial charge in [0, 0.05) is 31.5 Å². The van der Waals surface area contributed by atoms with E-state index in [-0.39, 0.29) is 36.8 Å². The smallest absolute Gasteiger partial charge is 0.422 e. The number of halogens is 4. The number of ether oxygens (including phenoxy) is 1. The van der Waals surface area contributed by atoms with Crippen molar-refractivity contribution in [1.29, 1.82) is 0 Å². The molecule has 1 aliphatic rings. The lowest BCUT2D eigenvalue weighted by molar-refractivity contribution is -0.154. The van der Waals surface area contributed by atoms with Gasteiger partial charge in [-0.3, -0.25) is 9.48 Å². The van der Waals surface area contributed by atoms with E-state index in [9.17, 15) is 18.0 Å². The maximum absolute atomic E-state index is 12.3. The SMILES string of the molecule is Cl.O=C(NCc1ccnc(OCC(F)(F)F)c1)c1ccn(C2CCCNC2)n1. The molecule has 0 saturated carbocycles. The van der Waals surface area contributed by atoms with E-state index in [1.165, 1.54) is 12.3 Å². The van der Waals surface area contributed by atoms with Gasteiger partial charge in [-0.25, -0.2) is 4.98 Å². The molecule has 2 N–H and O–H groups in total. The van der Waals surface area contributed by atoms with Gasteiger partial charge in [0.05, 0.1) is 6.04 Å². The highest BCUT2D eigenvalue weighted by Gasteiger charge is 2.28. The zero-order valence-corrected chi connectivity index (χ0v) is 15.7. The van der Waals surface area contributed by atoms with Crippen LogP contribution >= 0.6 is 12.4 Å². The van der Waals surface area contributed by atoms with E-state index < -0.39 is 12.8 Å². The maximum atomic E-state index is 12.3. The molecule has 1 atom stereocenters. The Morgan fingerprint density at radius 2 is 2.21 bits per heavy atom. The zero-order valence-electron chi connectivity index (χ0n) is 14.9. The predicted octanol–water partition coefficient (Wildman–Crippen LogP) is 2.50. The summed E-state index contributed by atoms with van der Waals surface area (Å²) in [4.78, 5) is 16.0. The van der Waals surface area contributed by atoms with Gasteiger partial charge in [-0.05, 0) is 37.1 Å². The van der Waals surface area contributed by atoms with Crippen LogP contribution in [-0.4, -0.2) is 46.5 Å². The van der Waals surface area contributed by atoms with E-state index in [0.717, 1.165) is 25.9 Å². The summed E-state index contributed by atoms with van der Waals surface area (Å²) in [6.45, 7) is 0.525. The fourth-order valence-corrected chi connectivity index (χ4v) is 2.79. The van der Waals surface area contributed by atoms with E-state index in [2.05, 4.69) is 25.5 Å². The van der Waals surface area contributed by atoms with Crippen LogP contribution in [0.15, 0.2) is 30.6 Å². The number of carbonyl (C=O) groups is 1. The summed E-state index contributed by atoms with van der Waals surface area (Å²) < 4.78 is 43.0. The molecule has 0 radical (unpaired) electrons. The molecule has 28 heavy (non-hydrogen) atoms. The average Bonchev–Trinajstić information content (AvgIpc) is 3.15. The van der Waals surface area contributed by atoms with E-state index in [1.807, 2.05) is 0 Å². The number of carbonyl (C=O) groups excluding carboxylic acids is 1. The Labute approximate surface area is 166 Å². The highest BCUT2D eigenvalue weighted by Crippen LogP contribution is 2.18. The molecule has 1 aliphatic heterocycles. The fourth-order valence-electron chi connectivity index (χ4n) is 2.79. The molecule has 0 spiro atoms. The van der Waals surface area contributed by atoms with Crippen molar-refractivity contribution in [1.82, 2.24) is 25.4 Å². The Balaban J connectivity index is 0.00000280. The lowest BCUT2D eigenvalue weighted by Gasteiger charge is -2.22. The third-order valence-electron chi connectivity index (χ3n) is 4.12. The number of hydrogen-bond acceptors (Lipinski definition) is 5. The molecule has 7 nitrogen and oxygen atoms in total. The molecule has 0 aromatic carbocycles. The summed E-state index contributed by atoms with van der Waals surface area (Å²) in [7, 11) is 0. The highest BCUT2D eigenvalue weighted by atomic mass is 35.5. The molecule has 1 amide bonds. The van der Waals surface area contributed by atoms with Crippen molar-refractivity contribution in [3.8, 4) is 5.88 Å². The van der Waals surface area contributed by atoms with E-state index in [0.29, 0.717) is 11.3 Å². The molecular weight excluding hydrogens is 399 g/mol. The second kappa shape index (κ2) is 9.74. The van der Waals surface area contributed by atoms with Gasteiger partial charge in [0.25, 0.3) is 5.91 Å². The fraction of sp³-hybridized carbons (Fsp3) is 0.471. The van der Waals surface area contributed by atoms with E-state index >= 15 is 0 Å². The summed E-state index contributed by atoms with van der Waals surface area (Å²) in [5.41, 5.74) is 0.870. The average molecular weight is 420 g/mol. The quantitative estimate of drug-likeness (QED) is 0.752. The van der Waals surface area contributed by atoms with Gasteiger partial charge < -0.3 is 15.4 Å². The van der Waals surface area contributed by atoms with Crippen molar-refractivity contribution < 1.29 is 22.7 Å². The van der Waals surface area contributed by atoms with Crippen LogP contribution in [0.25, 0.3) is 0 Å². The maximum Gasteiger partial charge on any atom is 0.422 e. The summed E-state index contributed by atoms with van der Waals surface area (Å²) in [5, 5.41) is 10.3. The van der Waals surface area contributed by atoms with Gasteiger partial charge in [-0.1, -0.05) is 0 Å². The van der Waals surface area contributed by atoms with Crippen molar-refractivity contribution in [2.24, 2.45) is 0 Å². The third-order valence-corrected chi connectivity index (χ3v) is 4.12. The van der Waals surface area contributed by atoms with Crippen LogP contribution < -0.4 is 15.4 Å². The number of amides is 1. The predicted molar refractivity (Wildman–Crippen MR) is 97.6 cm³/mol. The molecule has 0 aliphatic carbocycles. The topological polar surface area (TPSA) is 81.1 Å². The molecule has 154 valence electrons. The van der Waals surface area contributed by atoms with Crippen molar-refractivity contribution in [3.63, 3.8) is 0 Å². The molecule has 2 aromatic heterocycles. The molecule has 3 heterocycles. The van der Waals surface area contributed by atoms with Crippen molar-refractivity contribution in [2.75, 3.05) is 19.7 Å². The van der Waals surface area contributed by atoms with Crippen LogP contribution in [0, 0.1) is 0 Å². The Hall–Kier alpha value is -2.33. The first-order chi connectivity index (χ1) is 12.9. The number of aromatic nitrogens is 3. The van der Waals surface area contributed by atoms with Crippen LogP contribution in [0.4, 0.5) is 13.2 Å². The summed E-state index contributed by atoms with van der Waals surface area (Å²) in [6, 6.07) is 4.83. The second-order valence-electron chi connectivity index (χ2n) is 6.27. The van der Waals surface area contributed by atoms with Crippen LogP contribution in [0.5, 0.6) is 5.88 Å². The minimum atomic E-state index is -4.43. The Kier molecular flexibility index (Phi) is 7.64. The van der Waals surface area contributed by atoms with Gasteiger partial charge in [0.2, 0.25) is 5.88 Å². The summed E-state index contributed by atoms with van der Waals surface area (Å²) in [6.07, 6.45) is 0.749. The molecule has 1 fully saturated rings.